The van der Waals surface area contributed by atoms with Crippen molar-refractivity contribution in [1.29, 1.82) is 0 Å². The van der Waals surface area contributed by atoms with Crippen molar-refractivity contribution in [2.24, 2.45) is 5.10 Å². The minimum absolute atomic E-state index is 0.225. The molecule has 0 radical (unpaired) electrons. The molecular formula is C25H29N3O3. The summed E-state index contributed by atoms with van der Waals surface area (Å²) in [4.78, 5) is 16.1. The summed E-state index contributed by atoms with van der Waals surface area (Å²) in [6.07, 6.45) is 7.12. The van der Waals surface area contributed by atoms with Gasteiger partial charge in [-0.2, -0.15) is 5.10 Å². The molecule has 0 atom stereocenters. The van der Waals surface area contributed by atoms with Crippen LogP contribution < -0.4 is 14.9 Å². The third kappa shape index (κ3) is 4.74. The van der Waals surface area contributed by atoms with Crippen LogP contribution in [0.15, 0.2) is 41.5 Å². The number of H-pyrrole nitrogens is 1. The Kier molecular flexibility index (Phi) is 6.55. The number of hydrogen-bond acceptors (Lipinski definition) is 4. The Hall–Kier alpha value is -3.28. The van der Waals surface area contributed by atoms with Crippen LogP contribution in [0, 0.1) is 0 Å². The number of aryl methyl sites for hydroxylation is 2. The Morgan fingerprint density at radius 3 is 2.81 bits per heavy atom. The molecule has 1 aromatic heterocycles. The number of fused-ring (bicyclic) bond motifs is 3. The number of ether oxygens (including phenoxy) is 2. The molecular weight excluding hydrogens is 390 g/mol. The lowest BCUT2D eigenvalue weighted by Gasteiger charge is -2.11. The fraction of sp³-hybridized carbons (Fsp3) is 0.360. The van der Waals surface area contributed by atoms with Gasteiger partial charge < -0.3 is 14.5 Å². The highest BCUT2D eigenvalue weighted by atomic mass is 16.5. The van der Waals surface area contributed by atoms with Gasteiger partial charge in [-0.1, -0.05) is 6.92 Å². The molecule has 4 rings (SSSR count). The first-order valence-corrected chi connectivity index (χ1v) is 11.1. The van der Waals surface area contributed by atoms with Gasteiger partial charge in [0.25, 0.3) is 5.91 Å². The first kappa shape index (κ1) is 21.0. The molecule has 6 nitrogen and oxygen atoms in total. The number of nitrogens with one attached hydrogen (secondary N) is 2. The Morgan fingerprint density at radius 2 is 1.97 bits per heavy atom. The van der Waals surface area contributed by atoms with E-state index in [2.05, 4.69) is 22.4 Å². The van der Waals surface area contributed by atoms with Gasteiger partial charge in [0.05, 0.1) is 19.4 Å². The summed E-state index contributed by atoms with van der Waals surface area (Å²) in [5, 5.41) is 5.29. The van der Waals surface area contributed by atoms with Gasteiger partial charge in [0.1, 0.15) is 0 Å². The maximum atomic E-state index is 12.6. The first-order chi connectivity index (χ1) is 15.2. The Bertz CT molecular complexity index is 1100. The average Bonchev–Trinajstić information content (AvgIpc) is 3.16. The van der Waals surface area contributed by atoms with Crippen molar-refractivity contribution in [2.45, 2.75) is 46.0 Å². The standard InChI is InChI=1S/C25H29N3O3/c1-3-13-31-23-12-9-17(14-24(23)30-4-2)16-26-28-25(29)18-10-11-22-20(15-18)19-7-5-6-8-21(19)27-22/h9-12,14-16,27H,3-8,13H2,1-2H3,(H,28,29)/b26-16+. The predicted octanol–water partition coefficient (Wildman–Crippen LogP) is 5.00. The highest BCUT2D eigenvalue weighted by Crippen LogP contribution is 2.30. The van der Waals surface area contributed by atoms with E-state index in [1.54, 1.807) is 6.21 Å². The van der Waals surface area contributed by atoms with Gasteiger partial charge in [-0.05, 0) is 86.6 Å². The molecule has 3 aromatic rings. The smallest absolute Gasteiger partial charge is 0.271 e. The summed E-state index contributed by atoms with van der Waals surface area (Å²) in [5.41, 5.74) is 7.83. The number of hydrogen-bond donors (Lipinski definition) is 2. The molecule has 0 bridgehead atoms. The second kappa shape index (κ2) is 9.69. The largest absolute Gasteiger partial charge is 0.490 e. The van der Waals surface area contributed by atoms with E-state index >= 15 is 0 Å². The summed E-state index contributed by atoms with van der Waals surface area (Å²) in [7, 11) is 0. The molecule has 6 heteroatoms. The lowest BCUT2D eigenvalue weighted by atomic mass is 9.95. The van der Waals surface area contributed by atoms with Crippen molar-refractivity contribution in [3.63, 3.8) is 0 Å². The first-order valence-electron chi connectivity index (χ1n) is 11.1. The number of amides is 1. The van der Waals surface area contributed by atoms with Crippen LogP contribution in [0.5, 0.6) is 11.5 Å². The summed E-state index contributed by atoms with van der Waals surface area (Å²) in [6.45, 7) is 5.18. The lowest BCUT2D eigenvalue weighted by molar-refractivity contribution is 0.0955. The van der Waals surface area contributed by atoms with Crippen LogP contribution in [0.3, 0.4) is 0 Å². The van der Waals surface area contributed by atoms with Gasteiger partial charge in [-0.25, -0.2) is 5.43 Å². The zero-order valence-electron chi connectivity index (χ0n) is 18.2. The predicted molar refractivity (Wildman–Crippen MR) is 123 cm³/mol. The van der Waals surface area contributed by atoms with Gasteiger partial charge >= 0.3 is 0 Å². The van der Waals surface area contributed by atoms with Crippen molar-refractivity contribution in [2.75, 3.05) is 13.2 Å². The topological polar surface area (TPSA) is 75.7 Å². The number of aromatic nitrogens is 1. The summed E-state index contributed by atoms with van der Waals surface area (Å²) < 4.78 is 11.4. The van der Waals surface area contributed by atoms with Gasteiger partial charge in [0, 0.05) is 22.2 Å². The lowest BCUT2D eigenvalue weighted by Crippen LogP contribution is -2.17. The Balaban J connectivity index is 1.46. The monoisotopic (exact) mass is 419 g/mol. The minimum atomic E-state index is -0.225. The molecule has 0 unspecified atom stereocenters. The van der Waals surface area contributed by atoms with Crippen LogP contribution in [0.4, 0.5) is 0 Å². The third-order valence-corrected chi connectivity index (χ3v) is 5.47. The van der Waals surface area contributed by atoms with E-state index in [1.807, 2.05) is 43.3 Å². The highest BCUT2D eigenvalue weighted by Gasteiger charge is 2.16. The molecule has 162 valence electrons. The second-order valence-corrected chi connectivity index (χ2v) is 7.74. The zero-order valence-corrected chi connectivity index (χ0v) is 18.2. The third-order valence-electron chi connectivity index (χ3n) is 5.47. The number of carbonyl (C=O) groups excluding carboxylic acids is 1. The van der Waals surface area contributed by atoms with E-state index in [-0.39, 0.29) is 5.91 Å². The van der Waals surface area contributed by atoms with Gasteiger partial charge in [-0.3, -0.25) is 4.79 Å². The molecule has 0 fully saturated rings. The van der Waals surface area contributed by atoms with Gasteiger partial charge in [0.2, 0.25) is 0 Å². The average molecular weight is 420 g/mol. The summed E-state index contributed by atoms with van der Waals surface area (Å²) in [5.74, 6) is 1.17. The number of nitrogens with zero attached hydrogens (tertiary/aromatic N) is 1. The molecule has 1 aliphatic rings. The van der Waals surface area contributed by atoms with Crippen molar-refractivity contribution in [1.82, 2.24) is 10.4 Å². The van der Waals surface area contributed by atoms with Crippen LogP contribution in [0.25, 0.3) is 10.9 Å². The molecule has 0 spiro atoms. The maximum Gasteiger partial charge on any atom is 0.271 e. The van der Waals surface area contributed by atoms with E-state index in [0.717, 1.165) is 35.7 Å². The minimum Gasteiger partial charge on any atom is -0.490 e. The number of carbonyl (C=O) groups is 1. The van der Waals surface area contributed by atoms with Crippen LogP contribution in [0.1, 0.15) is 60.3 Å². The number of hydrazone groups is 1. The molecule has 31 heavy (non-hydrogen) atoms. The quantitative estimate of drug-likeness (QED) is 0.399. The van der Waals surface area contributed by atoms with E-state index < -0.39 is 0 Å². The molecule has 0 aliphatic heterocycles. The van der Waals surface area contributed by atoms with Crippen LogP contribution in [-0.4, -0.2) is 30.3 Å². The van der Waals surface area contributed by atoms with Crippen molar-refractivity contribution in [3.8, 4) is 11.5 Å². The molecule has 2 aromatic carbocycles. The van der Waals surface area contributed by atoms with Gasteiger partial charge in [0.15, 0.2) is 11.5 Å². The molecule has 0 saturated heterocycles. The number of benzene rings is 2. The highest BCUT2D eigenvalue weighted by molar-refractivity contribution is 5.99. The van der Waals surface area contributed by atoms with Crippen molar-refractivity contribution in [3.05, 3.63) is 58.8 Å². The molecule has 1 aliphatic carbocycles. The van der Waals surface area contributed by atoms with Crippen molar-refractivity contribution < 1.29 is 14.3 Å². The van der Waals surface area contributed by atoms with E-state index in [1.165, 1.54) is 24.1 Å². The molecule has 1 heterocycles. The van der Waals surface area contributed by atoms with Crippen LogP contribution in [-0.2, 0) is 12.8 Å². The second-order valence-electron chi connectivity index (χ2n) is 7.74. The maximum absolute atomic E-state index is 12.6. The van der Waals surface area contributed by atoms with E-state index in [4.69, 9.17) is 9.47 Å². The van der Waals surface area contributed by atoms with Crippen LogP contribution >= 0.6 is 0 Å². The normalized spacial score (nSPS) is 13.4. The number of aromatic amines is 1. The van der Waals surface area contributed by atoms with Gasteiger partial charge in [-0.15, -0.1) is 0 Å². The SMILES string of the molecule is CCCOc1ccc(/C=N/NC(=O)c2ccc3[nH]c4c(c3c2)CCCC4)cc1OCC. The van der Waals surface area contributed by atoms with Crippen molar-refractivity contribution >= 4 is 23.0 Å². The molecule has 2 N–H and O–H groups in total. The Morgan fingerprint density at radius 1 is 1.10 bits per heavy atom. The summed E-state index contributed by atoms with van der Waals surface area (Å²) in [6, 6.07) is 11.4. The van der Waals surface area contributed by atoms with E-state index in [9.17, 15) is 4.79 Å². The summed E-state index contributed by atoms with van der Waals surface area (Å²) >= 11 is 0. The fourth-order valence-electron chi connectivity index (χ4n) is 3.98. The molecule has 1 amide bonds. The fourth-order valence-corrected chi connectivity index (χ4v) is 3.98. The molecule has 0 saturated carbocycles. The van der Waals surface area contributed by atoms with E-state index in [0.29, 0.717) is 30.3 Å². The Labute approximate surface area is 182 Å². The van der Waals surface area contributed by atoms with Crippen LogP contribution in [0.2, 0.25) is 0 Å². The zero-order chi connectivity index (χ0) is 21.6. The number of rotatable bonds is 8.